The first-order chi connectivity index (χ1) is 8.40. The highest BCUT2D eigenvalue weighted by molar-refractivity contribution is 5.52. The normalized spacial score (nSPS) is 23.1. The number of hydrogen-bond acceptors (Lipinski definition) is 4. The molecular formula is C13H20N4. The van der Waals surface area contributed by atoms with E-state index in [9.17, 15) is 0 Å². The Morgan fingerprint density at radius 1 is 1.35 bits per heavy atom. The van der Waals surface area contributed by atoms with Gasteiger partial charge >= 0.3 is 0 Å². The fourth-order valence-electron chi connectivity index (χ4n) is 3.15. The van der Waals surface area contributed by atoms with Crippen molar-refractivity contribution in [2.75, 3.05) is 25.0 Å². The molecule has 1 saturated heterocycles. The van der Waals surface area contributed by atoms with Crippen molar-refractivity contribution < 1.29 is 0 Å². The zero-order chi connectivity index (χ0) is 11.7. The van der Waals surface area contributed by atoms with Crippen LogP contribution in [0.15, 0.2) is 6.33 Å². The van der Waals surface area contributed by atoms with Crippen LogP contribution >= 0.6 is 0 Å². The van der Waals surface area contributed by atoms with E-state index in [4.69, 9.17) is 0 Å². The van der Waals surface area contributed by atoms with Crippen LogP contribution in [0.4, 0.5) is 5.82 Å². The summed E-state index contributed by atoms with van der Waals surface area (Å²) in [4.78, 5) is 11.4. The fraction of sp³-hybridized carbons (Fsp3) is 0.692. The van der Waals surface area contributed by atoms with Crippen LogP contribution in [0.2, 0.25) is 0 Å². The Labute approximate surface area is 102 Å². The maximum atomic E-state index is 4.55. The lowest BCUT2D eigenvalue weighted by Crippen LogP contribution is -2.37. The van der Waals surface area contributed by atoms with Gasteiger partial charge in [-0.2, -0.15) is 0 Å². The second kappa shape index (κ2) is 4.61. The lowest BCUT2D eigenvalue weighted by Gasteiger charge is -2.27. The molecule has 0 radical (unpaired) electrons. The van der Waals surface area contributed by atoms with E-state index in [0.717, 1.165) is 25.9 Å². The Kier molecular flexibility index (Phi) is 2.97. The van der Waals surface area contributed by atoms with Crippen LogP contribution in [-0.4, -0.2) is 36.1 Å². The van der Waals surface area contributed by atoms with Gasteiger partial charge in [-0.25, -0.2) is 9.97 Å². The highest BCUT2D eigenvalue weighted by atomic mass is 15.2. The van der Waals surface area contributed by atoms with Gasteiger partial charge in [-0.05, 0) is 39.2 Å². The summed E-state index contributed by atoms with van der Waals surface area (Å²) in [6.07, 6.45) is 7.84. The van der Waals surface area contributed by atoms with Crippen LogP contribution in [0.3, 0.4) is 0 Å². The molecule has 0 amide bonds. The van der Waals surface area contributed by atoms with Gasteiger partial charge in [0.15, 0.2) is 0 Å². The van der Waals surface area contributed by atoms with E-state index in [1.807, 2.05) is 7.05 Å². The Hall–Kier alpha value is -1.16. The van der Waals surface area contributed by atoms with Crippen LogP contribution < -0.4 is 10.2 Å². The van der Waals surface area contributed by atoms with Crippen LogP contribution in [-0.2, 0) is 12.8 Å². The molecule has 1 fully saturated rings. The largest absolute Gasteiger partial charge is 0.352 e. The number of hydrogen-bond donors (Lipinski definition) is 1. The van der Waals surface area contributed by atoms with Crippen molar-refractivity contribution in [3.8, 4) is 0 Å². The summed E-state index contributed by atoms with van der Waals surface area (Å²) in [5, 5.41) is 3.29. The summed E-state index contributed by atoms with van der Waals surface area (Å²) in [6, 6.07) is 0.611. The number of fused-ring (bicyclic) bond motifs is 1. The topological polar surface area (TPSA) is 41.0 Å². The summed E-state index contributed by atoms with van der Waals surface area (Å²) >= 11 is 0. The van der Waals surface area contributed by atoms with Gasteiger partial charge in [-0.15, -0.1) is 0 Å². The average molecular weight is 232 g/mol. The number of anilines is 1. The van der Waals surface area contributed by atoms with Gasteiger partial charge in [0.2, 0.25) is 0 Å². The molecule has 3 rings (SSSR count). The molecule has 1 atom stereocenters. The third kappa shape index (κ3) is 1.90. The number of nitrogens with one attached hydrogen (secondary N) is 1. The second-order valence-electron chi connectivity index (χ2n) is 5.02. The predicted molar refractivity (Wildman–Crippen MR) is 68.4 cm³/mol. The maximum absolute atomic E-state index is 4.55. The fourth-order valence-corrected chi connectivity index (χ4v) is 3.15. The Bertz CT molecular complexity index is 404. The Balaban J connectivity index is 1.91. The van der Waals surface area contributed by atoms with Gasteiger partial charge in [0.1, 0.15) is 12.1 Å². The first-order valence-corrected chi connectivity index (χ1v) is 6.64. The molecular weight excluding hydrogens is 212 g/mol. The monoisotopic (exact) mass is 232 g/mol. The van der Waals surface area contributed by atoms with E-state index in [0.29, 0.717) is 6.04 Å². The third-order valence-electron chi connectivity index (χ3n) is 3.94. The van der Waals surface area contributed by atoms with E-state index in [1.165, 1.54) is 36.3 Å². The molecule has 0 saturated carbocycles. The number of aromatic nitrogens is 2. The molecule has 0 aromatic carbocycles. The van der Waals surface area contributed by atoms with Crippen molar-refractivity contribution in [3.63, 3.8) is 0 Å². The molecule has 2 heterocycles. The standard InChI is InChI=1S/C13H20N4/c1-14-8-10-4-3-7-17(10)13-11-5-2-6-12(11)15-9-16-13/h9-10,14H,2-8H2,1H3. The van der Waals surface area contributed by atoms with Gasteiger partial charge in [-0.3, -0.25) is 0 Å². The van der Waals surface area contributed by atoms with Gasteiger partial charge in [0.05, 0.1) is 0 Å². The molecule has 1 aliphatic heterocycles. The summed E-state index contributed by atoms with van der Waals surface area (Å²) in [6.45, 7) is 2.20. The molecule has 92 valence electrons. The second-order valence-corrected chi connectivity index (χ2v) is 5.02. The van der Waals surface area contributed by atoms with Crippen LogP contribution in [0.25, 0.3) is 0 Å². The average Bonchev–Trinajstić information content (AvgIpc) is 2.96. The highest BCUT2D eigenvalue weighted by Crippen LogP contribution is 2.31. The van der Waals surface area contributed by atoms with E-state index >= 15 is 0 Å². The van der Waals surface area contributed by atoms with Crippen LogP contribution in [0.1, 0.15) is 30.5 Å². The smallest absolute Gasteiger partial charge is 0.135 e. The van der Waals surface area contributed by atoms with Crippen LogP contribution in [0.5, 0.6) is 0 Å². The molecule has 2 aliphatic rings. The van der Waals surface area contributed by atoms with Gasteiger partial charge in [-0.1, -0.05) is 0 Å². The van der Waals surface area contributed by atoms with E-state index in [-0.39, 0.29) is 0 Å². The number of nitrogens with zero attached hydrogens (tertiary/aromatic N) is 3. The van der Waals surface area contributed by atoms with E-state index < -0.39 is 0 Å². The molecule has 1 aromatic rings. The van der Waals surface area contributed by atoms with E-state index in [2.05, 4.69) is 20.2 Å². The first kappa shape index (κ1) is 11.0. The van der Waals surface area contributed by atoms with Crippen LogP contribution in [0, 0.1) is 0 Å². The minimum atomic E-state index is 0.611. The predicted octanol–water partition coefficient (Wildman–Crippen LogP) is 1.15. The summed E-state index contributed by atoms with van der Waals surface area (Å²) < 4.78 is 0. The molecule has 1 aliphatic carbocycles. The minimum Gasteiger partial charge on any atom is -0.352 e. The van der Waals surface area contributed by atoms with Crippen molar-refractivity contribution in [2.45, 2.75) is 38.1 Å². The first-order valence-electron chi connectivity index (χ1n) is 6.64. The Morgan fingerprint density at radius 3 is 3.18 bits per heavy atom. The molecule has 1 N–H and O–H groups in total. The number of likely N-dealkylation sites (N-methyl/N-ethyl adjacent to an activating group) is 1. The highest BCUT2D eigenvalue weighted by Gasteiger charge is 2.29. The molecule has 17 heavy (non-hydrogen) atoms. The van der Waals surface area contributed by atoms with Gasteiger partial charge in [0.25, 0.3) is 0 Å². The summed E-state index contributed by atoms with van der Waals surface area (Å²) in [5.41, 5.74) is 2.70. The maximum Gasteiger partial charge on any atom is 0.135 e. The SMILES string of the molecule is CNCC1CCCN1c1ncnc2c1CCC2. The van der Waals surface area contributed by atoms with Crippen molar-refractivity contribution >= 4 is 5.82 Å². The summed E-state index contributed by atoms with van der Waals surface area (Å²) in [5.74, 6) is 1.21. The zero-order valence-electron chi connectivity index (χ0n) is 10.4. The van der Waals surface area contributed by atoms with Crippen molar-refractivity contribution in [3.05, 3.63) is 17.6 Å². The molecule has 0 spiro atoms. The van der Waals surface area contributed by atoms with E-state index in [1.54, 1.807) is 6.33 Å². The lowest BCUT2D eigenvalue weighted by molar-refractivity contribution is 0.610. The van der Waals surface area contributed by atoms with Crippen molar-refractivity contribution in [1.82, 2.24) is 15.3 Å². The van der Waals surface area contributed by atoms with Gasteiger partial charge < -0.3 is 10.2 Å². The lowest BCUT2D eigenvalue weighted by atomic mass is 10.2. The molecule has 4 heteroatoms. The quantitative estimate of drug-likeness (QED) is 0.849. The minimum absolute atomic E-state index is 0.611. The Morgan fingerprint density at radius 2 is 2.29 bits per heavy atom. The third-order valence-corrected chi connectivity index (χ3v) is 3.94. The molecule has 1 aromatic heterocycles. The zero-order valence-corrected chi connectivity index (χ0v) is 10.4. The van der Waals surface area contributed by atoms with Crippen molar-refractivity contribution in [2.24, 2.45) is 0 Å². The molecule has 1 unspecified atom stereocenters. The molecule has 4 nitrogen and oxygen atoms in total. The number of aryl methyl sites for hydroxylation is 1. The van der Waals surface area contributed by atoms with Crippen molar-refractivity contribution in [1.29, 1.82) is 0 Å². The number of rotatable bonds is 3. The molecule has 0 bridgehead atoms. The summed E-state index contributed by atoms with van der Waals surface area (Å²) in [7, 11) is 2.03. The van der Waals surface area contributed by atoms with Gasteiger partial charge in [0, 0.05) is 30.4 Å².